The van der Waals surface area contributed by atoms with Gasteiger partial charge in [0.1, 0.15) is 29.3 Å². The van der Waals surface area contributed by atoms with E-state index in [0.717, 1.165) is 29.3 Å². The molecular formula is C22H12F6N6O. The van der Waals surface area contributed by atoms with Crippen LogP contribution >= 0.6 is 0 Å². The van der Waals surface area contributed by atoms with E-state index in [-0.39, 0.29) is 11.3 Å². The van der Waals surface area contributed by atoms with Crippen LogP contribution in [0.15, 0.2) is 55.1 Å². The van der Waals surface area contributed by atoms with Crippen molar-refractivity contribution in [1.29, 1.82) is 0 Å². The van der Waals surface area contributed by atoms with Gasteiger partial charge in [-0.15, -0.1) is 5.10 Å². The molecule has 4 rings (SSSR count). The van der Waals surface area contributed by atoms with Gasteiger partial charge in [0.2, 0.25) is 0 Å². The maximum Gasteiger partial charge on any atom is 0.325 e. The van der Waals surface area contributed by atoms with E-state index in [4.69, 9.17) is 0 Å². The van der Waals surface area contributed by atoms with Crippen molar-refractivity contribution in [2.24, 2.45) is 0 Å². The third kappa shape index (κ3) is 4.69. The first-order chi connectivity index (χ1) is 16.6. The number of hydrogen-bond donors (Lipinski definition) is 1. The fourth-order valence-corrected chi connectivity index (χ4v) is 3.14. The van der Waals surface area contributed by atoms with Gasteiger partial charge in [-0.2, -0.15) is 8.78 Å². The maximum atomic E-state index is 15.6. The molecule has 0 aliphatic heterocycles. The van der Waals surface area contributed by atoms with Crippen LogP contribution < -0.4 is 0 Å². The third-order valence-corrected chi connectivity index (χ3v) is 4.91. The van der Waals surface area contributed by atoms with E-state index in [9.17, 15) is 22.7 Å². The van der Waals surface area contributed by atoms with Gasteiger partial charge in [-0.05, 0) is 46.7 Å². The Hall–Kier alpha value is -4.31. The first kappa shape index (κ1) is 23.8. The van der Waals surface area contributed by atoms with Crippen molar-refractivity contribution >= 4 is 0 Å². The van der Waals surface area contributed by atoms with Crippen molar-refractivity contribution in [3.8, 4) is 11.8 Å². The summed E-state index contributed by atoms with van der Waals surface area (Å²) in [5.41, 5.74) is -5.30. The summed E-state index contributed by atoms with van der Waals surface area (Å²) in [6, 6.07) is 4.65. The first-order valence-corrected chi connectivity index (χ1v) is 9.66. The second-order valence-corrected chi connectivity index (χ2v) is 7.23. The number of aromatic nitrogens is 6. The molecule has 0 fully saturated rings. The zero-order chi connectivity index (χ0) is 25.2. The highest BCUT2D eigenvalue weighted by atomic mass is 19.3. The molecule has 4 aromatic rings. The van der Waals surface area contributed by atoms with Crippen LogP contribution in [0.1, 0.15) is 22.5 Å². The van der Waals surface area contributed by atoms with Crippen LogP contribution in [0.4, 0.5) is 26.3 Å². The van der Waals surface area contributed by atoms with E-state index in [2.05, 4.69) is 37.3 Å². The molecule has 1 N–H and O–H groups in total. The fourth-order valence-electron chi connectivity index (χ4n) is 3.14. The third-order valence-electron chi connectivity index (χ3n) is 4.91. The average Bonchev–Trinajstić information content (AvgIpc) is 3.32. The lowest BCUT2D eigenvalue weighted by atomic mass is 9.85. The van der Waals surface area contributed by atoms with Gasteiger partial charge in [-0.1, -0.05) is 5.92 Å². The Labute approximate surface area is 193 Å². The van der Waals surface area contributed by atoms with Crippen molar-refractivity contribution in [3.05, 3.63) is 101 Å². The summed E-state index contributed by atoms with van der Waals surface area (Å²) in [7, 11) is 0. The standard InChI is InChI=1S/C22H12F6N6O/c23-14-3-5-16(18(25)8-14)21(35,11-34-12-31-32-33-34)22(27,28)20-10-29-15(9-30-20)4-1-13-2-6-17(24)19(26)7-13/h2-3,5-10,12,35H,11H2. The Kier molecular flexibility index (Phi) is 6.23. The van der Waals surface area contributed by atoms with E-state index in [1.165, 1.54) is 6.07 Å². The summed E-state index contributed by atoms with van der Waals surface area (Å²) in [6.45, 7) is -1.02. The zero-order valence-corrected chi connectivity index (χ0v) is 17.3. The smallest absolute Gasteiger partial charge is 0.325 e. The molecule has 35 heavy (non-hydrogen) atoms. The molecule has 1 atom stereocenters. The molecule has 0 amide bonds. The Morgan fingerprint density at radius 2 is 1.69 bits per heavy atom. The van der Waals surface area contributed by atoms with Crippen LogP contribution in [0, 0.1) is 35.1 Å². The molecule has 2 aromatic heterocycles. The average molecular weight is 490 g/mol. The van der Waals surface area contributed by atoms with Crippen molar-refractivity contribution in [3.63, 3.8) is 0 Å². The fraction of sp³-hybridized carbons (Fsp3) is 0.136. The van der Waals surface area contributed by atoms with E-state index in [1.54, 1.807) is 0 Å². The van der Waals surface area contributed by atoms with Crippen LogP contribution in [-0.4, -0.2) is 35.3 Å². The second-order valence-electron chi connectivity index (χ2n) is 7.23. The van der Waals surface area contributed by atoms with Gasteiger partial charge in [-0.25, -0.2) is 27.2 Å². The summed E-state index contributed by atoms with van der Waals surface area (Å²) in [4.78, 5) is 7.34. The lowest BCUT2D eigenvalue weighted by molar-refractivity contribution is -0.208. The highest BCUT2D eigenvalue weighted by Gasteiger charge is 2.58. The molecule has 0 saturated carbocycles. The zero-order valence-electron chi connectivity index (χ0n) is 17.3. The molecule has 0 spiro atoms. The quantitative estimate of drug-likeness (QED) is 0.342. The van der Waals surface area contributed by atoms with Gasteiger partial charge in [-0.3, -0.25) is 4.98 Å². The topological polar surface area (TPSA) is 89.6 Å². The minimum atomic E-state index is -4.28. The minimum Gasteiger partial charge on any atom is -0.377 e. The number of tetrazole rings is 1. The lowest BCUT2D eigenvalue weighted by Gasteiger charge is -2.35. The van der Waals surface area contributed by atoms with Gasteiger partial charge in [0.15, 0.2) is 17.2 Å². The highest BCUT2D eigenvalue weighted by molar-refractivity contribution is 5.40. The SMILES string of the molecule is OC(Cn1cnnn1)(c1ccc(F)cc1F)C(F)(F)c1cnc(C#Cc2ccc(F)c(F)c2)cn1. The van der Waals surface area contributed by atoms with Crippen molar-refractivity contribution < 1.29 is 31.4 Å². The van der Waals surface area contributed by atoms with Gasteiger partial charge < -0.3 is 5.11 Å². The number of halogens is 6. The molecule has 0 aliphatic carbocycles. The summed E-state index contributed by atoms with van der Waals surface area (Å²) in [5, 5.41) is 21.1. The van der Waals surface area contributed by atoms with Crippen LogP contribution in [0.5, 0.6) is 0 Å². The summed E-state index contributed by atoms with van der Waals surface area (Å²) < 4.78 is 86.2. The molecule has 7 nitrogen and oxygen atoms in total. The van der Waals surface area contributed by atoms with Gasteiger partial charge in [0.25, 0.3) is 0 Å². The van der Waals surface area contributed by atoms with Gasteiger partial charge in [0.05, 0.1) is 18.9 Å². The summed E-state index contributed by atoms with van der Waals surface area (Å²) >= 11 is 0. The molecule has 0 aliphatic rings. The number of rotatable bonds is 5. The number of nitrogens with zero attached hydrogens (tertiary/aromatic N) is 6. The molecule has 2 aromatic carbocycles. The van der Waals surface area contributed by atoms with E-state index in [0.29, 0.717) is 24.4 Å². The predicted octanol–water partition coefficient (Wildman–Crippen LogP) is 3.10. The summed E-state index contributed by atoms with van der Waals surface area (Å²) in [6.07, 6.45) is 2.39. The molecular weight excluding hydrogens is 478 g/mol. The molecule has 178 valence electrons. The van der Waals surface area contributed by atoms with Crippen LogP contribution in [-0.2, 0) is 18.1 Å². The normalized spacial score (nSPS) is 13.1. The Bertz CT molecular complexity index is 1420. The molecule has 2 heterocycles. The van der Waals surface area contributed by atoms with Crippen LogP contribution in [0.25, 0.3) is 0 Å². The monoisotopic (exact) mass is 490 g/mol. The predicted molar refractivity (Wildman–Crippen MR) is 106 cm³/mol. The molecule has 13 heteroatoms. The van der Waals surface area contributed by atoms with Crippen molar-refractivity contribution in [2.45, 2.75) is 18.1 Å². The van der Waals surface area contributed by atoms with Crippen molar-refractivity contribution in [2.75, 3.05) is 0 Å². The number of hydrogen-bond acceptors (Lipinski definition) is 6. The van der Waals surface area contributed by atoms with Crippen molar-refractivity contribution in [1.82, 2.24) is 30.2 Å². The maximum absolute atomic E-state index is 15.6. The number of benzene rings is 2. The highest BCUT2D eigenvalue weighted by Crippen LogP contribution is 2.46. The van der Waals surface area contributed by atoms with E-state index < -0.39 is 52.6 Å². The first-order valence-electron chi connectivity index (χ1n) is 9.66. The van der Waals surface area contributed by atoms with E-state index >= 15 is 8.78 Å². The molecule has 0 radical (unpaired) electrons. The second kappa shape index (κ2) is 9.15. The largest absolute Gasteiger partial charge is 0.377 e. The number of aliphatic hydroxyl groups is 1. The number of alkyl halides is 2. The van der Waals surface area contributed by atoms with Crippen LogP contribution in [0.3, 0.4) is 0 Å². The van der Waals surface area contributed by atoms with Gasteiger partial charge in [0, 0.05) is 17.2 Å². The molecule has 1 unspecified atom stereocenters. The molecule has 0 bridgehead atoms. The lowest BCUT2D eigenvalue weighted by Crippen LogP contribution is -2.48. The Morgan fingerprint density at radius 1 is 0.886 bits per heavy atom. The Morgan fingerprint density at radius 3 is 2.31 bits per heavy atom. The van der Waals surface area contributed by atoms with E-state index in [1.807, 2.05) is 0 Å². The van der Waals surface area contributed by atoms with Gasteiger partial charge >= 0.3 is 5.92 Å². The summed E-state index contributed by atoms with van der Waals surface area (Å²) in [5.74, 6) is -3.99. The van der Waals surface area contributed by atoms with Crippen LogP contribution in [0.2, 0.25) is 0 Å². The Balaban J connectivity index is 1.70. The molecule has 0 saturated heterocycles. The minimum absolute atomic E-state index is 0.0997.